The number of aryl methyl sites for hydroxylation is 1. The van der Waals surface area contributed by atoms with Gasteiger partial charge >= 0.3 is 0 Å². The molecule has 3 atom stereocenters. The van der Waals surface area contributed by atoms with Crippen molar-refractivity contribution in [3.05, 3.63) is 29.3 Å². The summed E-state index contributed by atoms with van der Waals surface area (Å²) in [5.74, 6) is 1.00. The Labute approximate surface area is 120 Å². The number of primary amides is 1. The summed E-state index contributed by atoms with van der Waals surface area (Å²) in [4.78, 5) is 13.7. The first kappa shape index (κ1) is 13.4. The van der Waals surface area contributed by atoms with E-state index in [2.05, 4.69) is 11.0 Å². The summed E-state index contributed by atoms with van der Waals surface area (Å²) in [6.45, 7) is 4.08. The number of nitrogens with zero attached hydrogens (tertiary/aromatic N) is 1. The van der Waals surface area contributed by atoms with Gasteiger partial charge in [0.05, 0.1) is 0 Å². The van der Waals surface area contributed by atoms with Crippen LogP contribution in [0.5, 0.6) is 0 Å². The van der Waals surface area contributed by atoms with Crippen molar-refractivity contribution in [2.75, 3.05) is 18.0 Å². The van der Waals surface area contributed by atoms with Gasteiger partial charge in [0.1, 0.15) is 0 Å². The van der Waals surface area contributed by atoms with E-state index >= 15 is 0 Å². The SMILES string of the molecule is Cc1cc(N2CC3CCCC(N)C3C2)ccc1C(N)=O. The second kappa shape index (κ2) is 5.09. The highest BCUT2D eigenvalue weighted by molar-refractivity contribution is 5.94. The fourth-order valence-corrected chi connectivity index (χ4v) is 3.85. The number of benzene rings is 1. The zero-order valence-electron chi connectivity index (χ0n) is 12.0. The minimum atomic E-state index is -0.355. The van der Waals surface area contributed by atoms with Crippen LogP contribution < -0.4 is 16.4 Å². The predicted molar refractivity (Wildman–Crippen MR) is 80.7 cm³/mol. The molecule has 3 unspecified atom stereocenters. The van der Waals surface area contributed by atoms with Gasteiger partial charge in [0, 0.05) is 30.4 Å². The molecule has 1 saturated carbocycles. The Morgan fingerprint density at radius 1 is 1.30 bits per heavy atom. The van der Waals surface area contributed by atoms with Crippen molar-refractivity contribution in [2.24, 2.45) is 23.3 Å². The standard InChI is InChI=1S/C16H23N3O/c1-10-7-12(5-6-13(10)16(18)20)19-8-11-3-2-4-15(17)14(11)9-19/h5-7,11,14-15H,2-4,8-9,17H2,1H3,(H2,18,20). The van der Waals surface area contributed by atoms with E-state index in [-0.39, 0.29) is 5.91 Å². The lowest BCUT2D eigenvalue weighted by Crippen LogP contribution is -2.38. The summed E-state index contributed by atoms with van der Waals surface area (Å²) in [6, 6.07) is 6.28. The van der Waals surface area contributed by atoms with Gasteiger partial charge in [0.25, 0.3) is 0 Å². The maximum atomic E-state index is 11.3. The van der Waals surface area contributed by atoms with E-state index in [9.17, 15) is 4.79 Å². The zero-order valence-corrected chi connectivity index (χ0v) is 12.0. The molecular weight excluding hydrogens is 250 g/mol. The Morgan fingerprint density at radius 2 is 2.10 bits per heavy atom. The van der Waals surface area contributed by atoms with Crippen LogP contribution in [-0.2, 0) is 0 Å². The Morgan fingerprint density at radius 3 is 2.75 bits per heavy atom. The summed E-state index contributed by atoms with van der Waals surface area (Å²) in [7, 11) is 0. The van der Waals surface area contributed by atoms with Gasteiger partial charge in [-0.2, -0.15) is 0 Å². The molecule has 1 saturated heterocycles. The number of rotatable bonds is 2. The Hall–Kier alpha value is -1.55. The zero-order chi connectivity index (χ0) is 14.3. The first-order valence-electron chi connectivity index (χ1n) is 7.47. The maximum absolute atomic E-state index is 11.3. The highest BCUT2D eigenvalue weighted by Crippen LogP contribution is 2.37. The molecule has 1 amide bonds. The van der Waals surface area contributed by atoms with Crippen LogP contribution in [-0.4, -0.2) is 25.0 Å². The molecule has 2 fully saturated rings. The van der Waals surface area contributed by atoms with Crippen molar-refractivity contribution >= 4 is 11.6 Å². The van der Waals surface area contributed by atoms with Crippen LogP contribution in [0.4, 0.5) is 5.69 Å². The van der Waals surface area contributed by atoms with E-state index in [1.165, 1.54) is 18.5 Å². The molecule has 108 valence electrons. The van der Waals surface area contributed by atoms with E-state index in [4.69, 9.17) is 11.5 Å². The number of hydrogen-bond donors (Lipinski definition) is 2. The van der Waals surface area contributed by atoms with Gasteiger partial charge in [-0.1, -0.05) is 6.42 Å². The van der Waals surface area contributed by atoms with E-state index < -0.39 is 0 Å². The second-order valence-electron chi connectivity index (χ2n) is 6.29. The Kier molecular flexibility index (Phi) is 3.42. The summed E-state index contributed by atoms with van der Waals surface area (Å²) >= 11 is 0. The average molecular weight is 273 g/mol. The van der Waals surface area contributed by atoms with Crippen molar-refractivity contribution in [1.29, 1.82) is 0 Å². The molecule has 20 heavy (non-hydrogen) atoms. The molecule has 1 heterocycles. The summed E-state index contributed by atoms with van der Waals surface area (Å²) in [6.07, 6.45) is 3.72. The van der Waals surface area contributed by atoms with Crippen molar-refractivity contribution in [3.63, 3.8) is 0 Å². The van der Waals surface area contributed by atoms with Crippen LogP contribution in [0, 0.1) is 18.8 Å². The molecule has 0 bridgehead atoms. The highest BCUT2D eigenvalue weighted by Gasteiger charge is 2.38. The molecule has 4 nitrogen and oxygen atoms in total. The van der Waals surface area contributed by atoms with Gasteiger partial charge in [-0.15, -0.1) is 0 Å². The fraction of sp³-hybridized carbons (Fsp3) is 0.562. The van der Waals surface area contributed by atoms with Crippen LogP contribution in [0.25, 0.3) is 0 Å². The molecule has 1 aliphatic carbocycles. The minimum Gasteiger partial charge on any atom is -0.371 e. The number of hydrogen-bond acceptors (Lipinski definition) is 3. The molecule has 2 aliphatic rings. The fourth-order valence-electron chi connectivity index (χ4n) is 3.85. The van der Waals surface area contributed by atoms with Gasteiger partial charge in [0.2, 0.25) is 5.91 Å². The highest BCUT2D eigenvalue weighted by atomic mass is 16.1. The molecule has 0 spiro atoms. The van der Waals surface area contributed by atoms with Crippen LogP contribution in [0.3, 0.4) is 0 Å². The molecule has 0 radical (unpaired) electrons. The molecule has 4 heteroatoms. The summed E-state index contributed by atoms with van der Waals surface area (Å²) in [5, 5.41) is 0. The first-order valence-corrected chi connectivity index (χ1v) is 7.47. The first-order chi connectivity index (χ1) is 9.56. The van der Waals surface area contributed by atoms with Gasteiger partial charge in [-0.05, 0) is 55.4 Å². The largest absolute Gasteiger partial charge is 0.371 e. The normalized spacial score (nSPS) is 29.3. The average Bonchev–Trinajstić information content (AvgIpc) is 2.83. The van der Waals surface area contributed by atoms with Crippen molar-refractivity contribution < 1.29 is 4.79 Å². The summed E-state index contributed by atoms with van der Waals surface area (Å²) < 4.78 is 0. The second-order valence-corrected chi connectivity index (χ2v) is 6.29. The molecule has 1 aromatic rings. The number of fused-ring (bicyclic) bond motifs is 1. The topological polar surface area (TPSA) is 72.3 Å². The van der Waals surface area contributed by atoms with Crippen LogP contribution >= 0.6 is 0 Å². The van der Waals surface area contributed by atoms with Crippen LogP contribution in [0.2, 0.25) is 0 Å². The van der Waals surface area contributed by atoms with Gasteiger partial charge in [-0.25, -0.2) is 0 Å². The Balaban J connectivity index is 1.81. The van der Waals surface area contributed by atoms with Gasteiger partial charge < -0.3 is 16.4 Å². The number of amides is 1. The molecule has 1 aliphatic heterocycles. The van der Waals surface area contributed by atoms with Gasteiger partial charge in [-0.3, -0.25) is 4.79 Å². The van der Waals surface area contributed by atoms with E-state index in [1.54, 1.807) is 0 Å². The molecule has 4 N–H and O–H groups in total. The third-order valence-electron chi connectivity index (χ3n) is 4.99. The smallest absolute Gasteiger partial charge is 0.248 e. The maximum Gasteiger partial charge on any atom is 0.248 e. The van der Waals surface area contributed by atoms with E-state index in [1.807, 2.05) is 19.1 Å². The van der Waals surface area contributed by atoms with Crippen molar-refractivity contribution in [3.8, 4) is 0 Å². The van der Waals surface area contributed by atoms with Crippen molar-refractivity contribution in [1.82, 2.24) is 0 Å². The summed E-state index contributed by atoms with van der Waals surface area (Å²) in [5.41, 5.74) is 14.4. The lowest BCUT2D eigenvalue weighted by Gasteiger charge is -2.29. The molecule has 1 aromatic carbocycles. The van der Waals surface area contributed by atoms with Crippen molar-refractivity contribution in [2.45, 2.75) is 32.2 Å². The number of nitrogens with two attached hydrogens (primary N) is 2. The van der Waals surface area contributed by atoms with Gasteiger partial charge in [0.15, 0.2) is 0 Å². The third-order valence-corrected chi connectivity index (χ3v) is 4.99. The van der Waals surface area contributed by atoms with E-state index in [0.717, 1.165) is 31.0 Å². The number of anilines is 1. The molecule has 0 aromatic heterocycles. The quantitative estimate of drug-likeness (QED) is 0.860. The number of carbonyl (C=O) groups is 1. The monoisotopic (exact) mass is 273 g/mol. The van der Waals surface area contributed by atoms with Crippen LogP contribution in [0.15, 0.2) is 18.2 Å². The molecule has 3 rings (SSSR count). The lowest BCUT2D eigenvalue weighted by molar-refractivity contribution is 0.1000. The Bertz CT molecular complexity index is 528. The lowest BCUT2D eigenvalue weighted by atomic mass is 9.78. The number of carbonyl (C=O) groups excluding carboxylic acids is 1. The minimum absolute atomic E-state index is 0.352. The molecular formula is C16H23N3O. The van der Waals surface area contributed by atoms with Crippen LogP contribution in [0.1, 0.15) is 35.2 Å². The van der Waals surface area contributed by atoms with E-state index in [0.29, 0.717) is 17.5 Å². The predicted octanol–water partition coefficient (Wildman–Crippen LogP) is 1.66. The third kappa shape index (κ3) is 2.29.